The Hall–Kier alpha value is -2.58. The highest BCUT2D eigenvalue weighted by Gasteiger charge is 2.13. The first-order chi connectivity index (χ1) is 12.8. The summed E-state index contributed by atoms with van der Waals surface area (Å²) in [6, 6.07) is 15.8. The molecular formula is C18H14N4O2S2. The van der Waals surface area contributed by atoms with E-state index >= 15 is 0 Å². The Labute approximate surface area is 156 Å². The van der Waals surface area contributed by atoms with Crippen LogP contribution >= 0.6 is 23.1 Å². The number of para-hydroxylation sites is 3. The van der Waals surface area contributed by atoms with Crippen molar-refractivity contribution in [2.24, 2.45) is 0 Å². The van der Waals surface area contributed by atoms with Crippen LogP contribution in [0.5, 0.6) is 0 Å². The standard InChI is InChI=1S/C18H14N4O2S2/c23-18-21(12-6-1-3-8-14(12)24-18)10-5-11-25-16-19-20-17-22(16)13-7-2-4-9-15(13)26-17/h1-4,6-9H,5,10-11H2. The molecule has 3 aromatic heterocycles. The van der Waals surface area contributed by atoms with Crippen LogP contribution in [0.15, 0.2) is 62.9 Å². The van der Waals surface area contributed by atoms with E-state index in [1.54, 1.807) is 27.7 Å². The van der Waals surface area contributed by atoms with Crippen molar-refractivity contribution < 1.29 is 4.42 Å². The van der Waals surface area contributed by atoms with E-state index in [1.807, 2.05) is 36.4 Å². The summed E-state index contributed by atoms with van der Waals surface area (Å²) in [6.07, 6.45) is 0.838. The molecule has 0 radical (unpaired) electrons. The highest BCUT2D eigenvalue weighted by Crippen LogP contribution is 2.29. The van der Waals surface area contributed by atoms with Crippen LogP contribution in [0.25, 0.3) is 26.3 Å². The van der Waals surface area contributed by atoms with Gasteiger partial charge in [0, 0.05) is 12.3 Å². The van der Waals surface area contributed by atoms with E-state index in [0.717, 1.165) is 33.3 Å². The van der Waals surface area contributed by atoms with Gasteiger partial charge in [0.2, 0.25) is 4.96 Å². The van der Waals surface area contributed by atoms with Crippen LogP contribution in [0.3, 0.4) is 0 Å². The lowest BCUT2D eigenvalue weighted by Gasteiger charge is -2.02. The number of hydrogen-bond donors (Lipinski definition) is 0. The second-order valence-corrected chi connectivity index (χ2v) is 7.93. The SMILES string of the molecule is O=c1oc2ccccc2n1CCCSc1nnc2sc3ccccc3n12. The molecule has 0 bridgehead atoms. The van der Waals surface area contributed by atoms with Crippen LogP contribution in [0.2, 0.25) is 0 Å². The monoisotopic (exact) mass is 382 g/mol. The van der Waals surface area contributed by atoms with E-state index in [-0.39, 0.29) is 5.76 Å². The third-order valence-corrected chi connectivity index (χ3v) is 6.27. The van der Waals surface area contributed by atoms with Gasteiger partial charge in [-0.2, -0.15) is 0 Å². The lowest BCUT2D eigenvalue weighted by Crippen LogP contribution is -2.14. The average Bonchev–Trinajstić information content (AvgIpc) is 3.31. The van der Waals surface area contributed by atoms with Gasteiger partial charge in [0.05, 0.1) is 15.7 Å². The number of thiazole rings is 1. The summed E-state index contributed by atoms with van der Waals surface area (Å²) in [5.41, 5.74) is 2.61. The predicted molar refractivity (Wildman–Crippen MR) is 104 cm³/mol. The molecule has 5 rings (SSSR count). The molecule has 0 spiro atoms. The number of nitrogens with zero attached hydrogens (tertiary/aromatic N) is 4. The smallest absolute Gasteiger partial charge is 0.408 e. The number of oxazole rings is 1. The molecule has 0 atom stereocenters. The Morgan fingerprint density at radius 3 is 2.77 bits per heavy atom. The van der Waals surface area contributed by atoms with Crippen molar-refractivity contribution >= 4 is 49.4 Å². The maximum absolute atomic E-state index is 12.0. The summed E-state index contributed by atoms with van der Waals surface area (Å²) in [5, 5.41) is 9.48. The maximum atomic E-state index is 12.0. The topological polar surface area (TPSA) is 65.3 Å². The fourth-order valence-corrected chi connectivity index (χ4v) is 4.95. The Bertz CT molecular complexity index is 1280. The molecule has 8 heteroatoms. The molecule has 0 aliphatic carbocycles. The molecule has 6 nitrogen and oxygen atoms in total. The number of fused-ring (bicyclic) bond motifs is 4. The first-order valence-corrected chi connectivity index (χ1v) is 10.1. The van der Waals surface area contributed by atoms with Gasteiger partial charge in [-0.1, -0.05) is 47.4 Å². The summed E-state index contributed by atoms with van der Waals surface area (Å²) in [5.74, 6) is 0.543. The molecule has 26 heavy (non-hydrogen) atoms. The minimum atomic E-state index is -0.301. The van der Waals surface area contributed by atoms with E-state index in [9.17, 15) is 4.79 Å². The average molecular weight is 382 g/mol. The highest BCUT2D eigenvalue weighted by molar-refractivity contribution is 7.99. The normalized spacial score (nSPS) is 11.8. The van der Waals surface area contributed by atoms with Crippen LogP contribution in [0, 0.1) is 0 Å². The van der Waals surface area contributed by atoms with Gasteiger partial charge in [0.25, 0.3) is 0 Å². The summed E-state index contributed by atoms with van der Waals surface area (Å²) < 4.78 is 10.3. The van der Waals surface area contributed by atoms with Crippen LogP contribution in [0.1, 0.15) is 6.42 Å². The van der Waals surface area contributed by atoms with E-state index in [0.29, 0.717) is 12.1 Å². The molecule has 3 heterocycles. The van der Waals surface area contributed by atoms with Crippen LogP contribution in [0.4, 0.5) is 0 Å². The Morgan fingerprint density at radius 2 is 1.85 bits per heavy atom. The molecule has 2 aromatic carbocycles. The molecule has 0 amide bonds. The molecular weight excluding hydrogens is 368 g/mol. The van der Waals surface area contributed by atoms with Crippen molar-refractivity contribution in [1.29, 1.82) is 0 Å². The summed E-state index contributed by atoms with van der Waals surface area (Å²) in [6.45, 7) is 0.620. The fourth-order valence-electron chi connectivity index (χ4n) is 3.06. The first-order valence-electron chi connectivity index (χ1n) is 8.25. The minimum absolute atomic E-state index is 0.301. The molecule has 0 saturated heterocycles. The summed E-state index contributed by atoms with van der Waals surface area (Å²) >= 11 is 3.30. The van der Waals surface area contributed by atoms with Gasteiger partial charge in [-0.3, -0.25) is 8.97 Å². The van der Waals surface area contributed by atoms with Crippen molar-refractivity contribution in [3.8, 4) is 0 Å². The summed E-state index contributed by atoms with van der Waals surface area (Å²) in [7, 11) is 0. The third kappa shape index (κ3) is 2.53. The van der Waals surface area contributed by atoms with Crippen molar-refractivity contribution in [3.05, 3.63) is 59.1 Å². The lowest BCUT2D eigenvalue weighted by molar-refractivity contribution is 0.503. The lowest BCUT2D eigenvalue weighted by atomic mass is 10.3. The minimum Gasteiger partial charge on any atom is -0.408 e. The third-order valence-electron chi connectivity index (χ3n) is 4.24. The summed E-state index contributed by atoms with van der Waals surface area (Å²) in [4.78, 5) is 12.9. The molecule has 0 saturated carbocycles. The quantitative estimate of drug-likeness (QED) is 0.339. The van der Waals surface area contributed by atoms with Gasteiger partial charge < -0.3 is 4.42 Å². The predicted octanol–water partition coefficient (Wildman–Crippen LogP) is 4.03. The van der Waals surface area contributed by atoms with Crippen molar-refractivity contribution in [3.63, 3.8) is 0 Å². The number of benzene rings is 2. The van der Waals surface area contributed by atoms with Gasteiger partial charge in [-0.15, -0.1) is 10.2 Å². The highest BCUT2D eigenvalue weighted by atomic mass is 32.2. The molecule has 130 valence electrons. The molecule has 0 aliphatic heterocycles. The second kappa shape index (κ2) is 6.30. The van der Waals surface area contributed by atoms with E-state index in [1.165, 1.54) is 4.70 Å². The van der Waals surface area contributed by atoms with Crippen molar-refractivity contribution in [2.45, 2.75) is 18.1 Å². The molecule has 0 aliphatic rings. The largest absolute Gasteiger partial charge is 0.419 e. The number of thioether (sulfide) groups is 1. The zero-order valence-corrected chi connectivity index (χ0v) is 15.3. The van der Waals surface area contributed by atoms with Crippen molar-refractivity contribution in [2.75, 3.05) is 5.75 Å². The number of aryl methyl sites for hydroxylation is 1. The number of aromatic nitrogens is 4. The molecule has 5 aromatic rings. The van der Waals surface area contributed by atoms with Crippen LogP contribution in [-0.2, 0) is 6.54 Å². The van der Waals surface area contributed by atoms with Crippen LogP contribution in [-0.4, -0.2) is 24.9 Å². The Balaban J connectivity index is 1.33. The number of rotatable bonds is 5. The van der Waals surface area contributed by atoms with Gasteiger partial charge in [-0.05, 0) is 30.7 Å². The fraction of sp³-hybridized carbons (Fsp3) is 0.167. The zero-order valence-electron chi connectivity index (χ0n) is 13.7. The van der Waals surface area contributed by atoms with Crippen molar-refractivity contribution in [1.82, 2.24) is 19.2 Å². The maximum Gasteiger partial charge on any atom is 0.419 e. The second-order valence-electron chi connectivity index (χ2n) is 5.86. The zero-order chi connectivity index (χ0) is 17.5. The Morgan fingerprint density at radius 1 is 1.04 bits per heavy atom. The number of hydrogen-bond acceptors (Lipinski definition) is 6. The van der Waals surface area contributed by atoms with Gasteiger partial charge >= 0.3 is 5.76 Å². The molecule has 0 fully saturated rings. The van der Waals surface area contributed by atoms with Gasteiger partial charge in [0.15, 0.2) is 10.7 Å². The van der Waals surface area contributed by atoms with Gasteiger partial charge in [0.1, 0.15) is 0 Å². The molecule has 0 N–H and O–H groups in total. The van der Waals surface area contributed by atoms with E-state index in [2.05, 4.69) is 26.7 Å². The van der Waals surface area contributed by atoms with Gasteiger partial charge in [-0.25, -0.2) is 4.79 Å². The van der Waals surface area contributed by atoms with E-state index in [4.69, 9.17) is 4.42 Å². The van der Waals surface area contributed by atoms with E-state index < -0.39 is 0 Å². The van der Waals surface area contributed by atoms with Crippen LogP contribution < -0.4 is 5.76 Å². The Kier molecular flexibility index (Phi) is 3.79. The first kappa shape index (κ1) is 15.7. The molecule has 0 unspecified atom stereocenters.